The van der Waals surface area contributed by atoms with E-state index in [-0.39, 0.29) is 16.3 Å². The standard InChI is InChI=1S/C12H15BrClF/c1-3-12(2,8-13)7-9-4-5-10(14)11(15)6-9/h4-6H,3,7-8H2,1-2H3. The maximum atomic E-state index is 13.2. The number of halogens is 3. The summed E-state index contributed by atoms with van der Waals surface area (Å²) in [4.78, 5) is 0. The topological polar surface area (TPSA) is 0 Å². The van der Waals surface area contributed by atoms with Crippen LogP contribution in [0.3, 0.4) is 0 Å². The number of rotatable bonds is 4. The summed E-state index contributed by atoms with van der Waals surface area (Å²) >= 11 is 9.14. The quantitative estimate of drug-likeness (QED) is 0.697. The Balaban J connectivity index is 2.85. The van der Waals surface area contributed by atoms with Crippen LogP contribution < -0.4 is 0 Å². The summed E-state index contributed by atoms with van der Waals surface area (Å²) in [5.74, 6) is -0.331. The molecule has 15 heavy (non-hydrogen) atoms. The van der Waals surface area contributed by atoms with Gasteiger partial charge in [-0.15, -0.1) is 0 Å². The molecule has 84 valence electrons. The lowest BCUT2D eigenvalue weighted by Crippen LogP contribution is -2.20. The van der Waals surface area contributed by atoms with Gasteiger partial charge in [0, 0.05) is 5.33 Å². The van der Waals surface area contributed by atoms with Crippen LogP contribution in [-0.4, -0.2) is 5.33 Å². The van der Waals surface area contributed by atoms with E-state index in [2.05, 4.69) is 29.8 Å². The smallest absolute Gasteiger partial charge is 0.142 e. The molecule has 0 fully saturated rings. The first-order valence-corrected chi connectivity index (χ1v) is 6.50. The number of benzene rings is 1. The van der Waals surface area contributed by atoms with Gasteiger partial charge in [0.1, 0.15) is 5.82 Å². The first-order chi connectivity index (χ1) is 7.00. The molecule has 0 saturated carbocycles. The molecule has 0 spiro atoms. The Kier molecular flexibility index (Phi) is 4.60. The zero-order chi connectivity index (χ0) is 11.5. The second-order valence-electron chi connectivity index (χ2n) is 4.22. The number of alkyl halides is 1. The first kappa shape index (κ1) is 13.0. The highest BCUT2D eigenvalue weighted by Crippen LogP contribution is 2.29. The van der Waals surface area contributed by atoms with Crippen molar-refractivity contribution in [3.8, 4) is 0 Å². The molecule has 1 aromatic carbocycles. The molecule has 0 nitrogen and oxygen atoms in total. The average molecular weight is 294 g/mol. The molecule has 0 N–H and O–H groups in total. The van der Waals surface area contributed by atoms with Crippen molar-refractivity contribution in [3.63, 3.8) is 0 Å². The van der Waals surface area contributed by atoms with E-state index in [9.17, 15) is 4.39 Å². The van der Waals surface area contributed by atoms with Crippen molar-refractivity contribution in [1.29, 1.82) is 0 Å². The highest BCUT2D eigenvalue weighted by molar-refractivity contribution is 9.09. The van der Waals surface area contributed by atoms with Gasteiger partial charge in [0.15, 0.2) is 0 Å². The van der Waals surface area contributed by atoms with Gasteiger partial charge >= 0.3 is 0 Å². The third-order valence-corrected chi connectivity index (χ3v) is 4.45. The summed E-state index contributed by atoms with van der Waals surface area (Å²) in [7, 11) is 0. The molecular formula is C12H15BrClF. The van der Waals surface area contributed by atoms with E-state index >= 15 is 0 Å². The molecule has 0 amide bonds. The molecule has 1 aromatic rings. The maximum Gasteiger partial charge on any atom is 0.142 e. The molecule has 0 heterocycles. The molecule has 0 aromatic heterocycles. The third-order valence-electron chi connectivity index (χ3n) is 2.79. The molecular weight excluding hydrogens is 278 g/mol. The van der Waals surface area contributed by atoms with Crippen LogP contribution in [0.15, 0.2) is 18.2 Å². The number of hydrogen-bond donors (Lipinski definition) is 0. The Hall–Kier alpha value is -0.0800. The van der Waals surface area contributed by atoms with E-state index in [0.717, 1.165) is 23.7 Å². The fraction of sp³-hybridized carbons (Fsp3) is 0.500. The number of hydrogen-bond acceptors (Lipinski definition) is 0. The van der Waals surface area contributed by atoms with Gasteiger partial charge in [-0.3, -0.25) is 0 Å². The van der Waals surface area contributed by atoms with E-state index in [1.807, 2.05) is 6.07 Å². The lowest BCUT2D eigenvalue weighted by molar-refractivity contribution is 0.361. The van der Waals surface area contributed by atoms with E-state index in [4.69, 9.17) is 11.6 Å². The Morgan fingerprint density at radius 2 is 2.13 bits per heavy atom. The van der Waals surface area contributed by atoms with Crippen molar-refractivity contribution in [3.05, 3.63) is 34.6 Å². The summed E-state index contributed by atoms with van der Waals surface area (Å²) in [5.41, 5.74) is 1.18. The Morgan fingerprint density at radius 3 is 2.60 bits per heavy atom. The van der Waals surface area contributed by atoms with Crippen LogP contribution >= 0.6 is 27.5 Å². The van der Waals surface area contributed by atoms with Crippen molar-refractivity contribution < 1.29 is 4.39 Å². The van der Waals surface area contributed by atoms with Gasteiger partial charge < -0.3 is 0 Å². The molecule has 1 unspecified atom stereocenters. The van der Waals surface area contributed by atoms with Gasteiger partial charge in [-0.25, -0.2) is 4.39 Å². The molecule has 0 radical (unpaired) electrons. The minimum Gasteiger partial charge on any atom is -0.205 e. The first-order valence-electron chi connectivity index (χ1n) is 5.00. The van der Waals surface area contributed by atoms with E-state index in [0.29, 0.717) is 0 Å². The fourth-order valence-electron chi connectivity index (χ4n) is 1.41. The van der Waals surface area contributed by atoms with Crippen molar-refractivity contribution in [2.24, 2.45) is 5.41 Å². The van der Waals surface area contributed by atoms with Gasteiger partial charge in [-0.2, -0.15) is 0 Å². The molecule has 3 heteroatoms. The SMILES string of the molecule is CCC(C)(CBr)Cc1ccc(Cl)c(F)c1. The molecule has 0 aliphatic rings. The molecule has 0 saturated heterocycles. The van der Waals surface area contributed by atoms with Gasteiger partial charge in [0.05, 0.1) is 5.02 Å². The van der Waals surface area contributed by atoms with Crippen LogP contribution in [0, 0.1) is 11.2 Å². The molecule has 1 rings (SSSR count). The lowest BCUT2D eigenvalue weighted by Gasteiger charge is -2.25. The minimum atomic E-state index is -0.331. The zero-order valence-corrected chi connectivity index (χ0v) is 11.3. The van der Waals surface area contributed by atoms with Crippen molar-refractivity contribution >= 4 is 27.5 Å². The Bertz CT molecular complexity index is 334. The van der Waals surface area contributed by atoms with Gasteiger partial charge in [-0.05, 0) is 36.0 Å². The Morgan fingerprint density at radius 1 is 1.47 bits per heavy atom. The van der Waals surface area contributed by atoms with E-state index in [1.165, 1.54) is 6.07 Å². The zero-order valence-electron chi connectivity index (χ0n) is 8.99. The van der Waals surface area contributed by atoms with Crippen LogP contribution in [0.1, 0.15) is 25.8 Å². The molecule has 0 aliphatic heterocycles. The predicted molar refractivity (Wildman–Crippen MR) is 67.3 cm³/mol. The largest absolute Gasteiger partial charge is 0.205 e. The summed E-state index contributed by atoms with van der Waals surface area (Å²) < 4.78 is 13.2. The lowest BCUT2D eigenvalue weighted by atomic mass is 9.83. The third kappa shape index (κ3) is 3.46. The van der Waals surface area contributed by atoms with Gasteiger partial charge in [0.25, 0.3) is 0 Å². The van der Waals surface area contributed by atoms with Crippen molar-refractivity contribution in [2.75, 3.05) is 5.33 Å². The van der Waals surface area contributed by atoms with Crippen molar-refractivity contribution in [2.45, 2.75) is 26.7 Å². The van der Waals surface area contributed by atoms with Gasteiger partial charge in [0.2, 0.25) is 0 Å². The summed E-state index contributed by atoms with van der Waals surface area (Å²) in [6, 6.07) is 5.04. The van der Waals surface area contributed by atoms with Crippen molar-refractivity contribution in [1.82, 2.24) is 0 Å². The highest BCUT2D eigenvalue weighted by Gasteiger charge is 2.21. The van der Waals surface area contributed by atoms with E-state index < -0.39 is 0 Å². The van der Waals surface area contributed by atoms with Crippen LogP contribution in [0.5, 0.6) is 0 Å². The van der Waals surface area contributed by atoms with Crippen LogP contribution in [0.25, 0.3) is 0 Å². The second kappa shape index (κ2) is 5.31. The monoisotopic (exact) mass is 292 g/mol. The Labute approximate surface area is 104 Å². The second-order valence-corrected chi connectivity index (χ2v) is 5.19. The van der Waals surface area contributed by atoms with E-state index in [1.54, 1.807) is 6.07 Å². The average Bonchev–Trinajstić information content (AvgIpc) is 2.23. The predicted octanol–water partition coefficient (Wildman–Crippen LogP) is 4.83. The normalized spacial score (nSPS) is 15.0. The van der Waals surface area contributed by atoms with Crippen LogP contribution in [0.2, 0.25) is 5.02 Å². The summed E-state index contributed by atoms with van der Waals surface area (Å²) in [6.45, 7) is 4.34. The summed E-state index contributed by atoms with van der Waals surface area (Å²) in [6.07, 6.45) is 1.92. The fourth-order valence-corrected chi connectivity index (χ4v) is 2.12. The molecule has 0 bridgehead atoms. The molecule has 1 atom stereocenters. The molecule has 0 aliphatic carbocycles. The summed E-state index contributed by atoms with van der Waals surface area (Å²) in [5, 5.41) is 1.11. The maximum absolute atomic E-state index is 13.2. The highest BCUT2D eigenvalue weighted by atomic mass is 79.9. The van der Waals surface area contributed by atoms with Crippen LogP contribution in [0.4, 0.5) is 4.39 Å². The van der Waals surface area contributed by atoms with Crippen LogP contribution in [-0.2, 0) is 6.42 Å². The van der Waals surface area contributed by atoms with Gasteiger partial charge in [-0.1, -0.05) is 47.4 Å². The minimum absolute atomic E-state index is 0.181.